The predicted molar refractivity (Wildman–Crippen MR) is 162 cm³/mol. The topological polar surface area (TPSA) is 77.6 Å². The Morgan fingerprint density at radius 2 is 1.60 bits per heavy atom. The molecule has 2 amide bonds. The second-order valence-corrected chi connectivity index (χ2v) is 10.5. The smallest absolute Gasteiger partial charge is 0.256 e. The highest BCUT2D eigenvalue weighted by Gasteiger charge is 2.44. The maximum absolute atomic E-state index is 13.7. The number of carbonyl (C=O) groups excluding carboxylic acids is 2. The summed E-state index contributed by atoms with van der Waals surface area (Å²) in [4.78, 5) is 35.2. The zero-order chi connectivity index (χ0) is 28.5. The van der Waals surface area contributed by atoms with Gasteiger partial charge >= 0.3 is 0 Å². The average Bonchev–Trinajstić information content (AvgIpc) is 3.21. The molecule has 0 radical (unpaired) electrons. The van der Waals surface area contributed by atoms with Crippen LogP contribution >= 0.6 is 12.2 Å². The van der Waals surface area contributed by atoms with E-state index in [0.717, 1.165) is 57.9 Å². The summed E-state index contributed by atoms with van der Waals surface area (Å²) in [6, 6.07) is 13.9. The van der Waals surface area contributed by atoms with Gasteiger partial charge in [0.15, 0.2) is 5.11 Å². The normalized spacial score (nSPS) is 18.3. The molecule has 2 saturated heterocycles. The molecule has 1 atom stereocenters. The number of methoxy groups -OCH3 is 1. The Hall–Kier alpha value is -3.21. The van der Waals surface area contributed by atoms with Crippen molar-refractivity contribution in [2.24, 2.45) is 0 Å². The molecule has 0 aliphatic carbocycles. The fourth-order valence-electron chi connectivity index (χ4n) is 5.09. The molecule has 1 N–H and O–H groups in total. The van der Waals surface area contributed by atoms with Crippen LogP contribution in [0.1, 0.15) is 33.1 Å². The van der Waals surface area contributed by atoms with E-state index < -0.39 is 6.04 Å². The minimum absolute atomic E-state index is 0.00882. The summed E-state index contributed by atoms with van der Waals surface area (Å²) in [5, 5.41) is 3.36. The summed E-state index contributed by atoms with van der Waals surface area (Å²) in [7, 11) is 1.60. The first-order chi connectivity index (χ1) is 19.4. The maximum atomic E-state index is 13.7. The molecule has 216 valence electrons. The Morgan fingerprint density at radius 1 is 0.950 bits per heavy atom. The Kier molecular flexibility index (Phi) is 10.7. The van der Waals surface area contributed by atoms with Gasteiger partial charge in [-0.2, -0.15) is 0 Å². The highest BCUT2D eigenvalue weighted by molar-refractivity contribution is 7.80. The van der Waals surface area contributed by atoms with Gasteiger partial charge in [-0.25, -0.2) is 0 Å². The van der Waals surface area contributed by atoms with Gasteiger partial charge in [0.25, 0.3) is 5.91 Å². The van der Waals surface area contributed by atoms with E-state index in [1.807, 2.05) is 41.3 Å². The first-order valence-electron chi connectivity index (χ1n) is 14.2. The van der Waals surface area contributed by atoms with E-state index in [1.165, 1.54) is 0 Å². The van der Waals surface area contributed by atoms with E-state index >= 15 is 0 Å². The number of amides is 2. The number of nitrogens with zero attached hydrogens (tertiary/aromatic N) is 4. The van der Waals surface area contributed by atoms with Crippen molar-refractivity contribution >= 4 is 40.5 Å². The summed E-state index contributed by atoms with van der Waals surface area (Å²) in [6.45, 7) is 11.8. The SMILES string of the molecule is CCCOc1ccc(NC(=O)CC2C(=O)N(c3ccc(OC)cc3)C(=S)N2CCCN2CCN(CC)CC2)cc1. The van der Waals surface area contributed by atoms with Crippen LogP contribution in [0, 0.1) is 0 Å². The zero-order valence-corrected chi connectivity index (χ0v) is 24.6. The third-order valence-corrected chi connectivity index (χ3v) is 7.84. The minimum atomic E-state index is -0.668. The molecule has 0 saturated carbocycles. The van der Waals surface area contributed by atoms with E-state index in [4.69, 9.17) is 21.7 Å². The number of ether oxygens (including phenoxy) is 2. The second-order valence-electron chi connectivity index (χ2n) is 10.1. The number of piperazine rings is 1. The van der Waals surface area contributed by atoms with Gasteiger partial charge in [0, 0.05) is 38.4 Å². The summed E-state index contributed by atoms with van der Waals surface area (Å²) in [5.41, 5.74) is 1.33. The third-order valence-electron chi connectivity index (χ3n) is 7.42. The molecular weight excluding hydrogens is 526 g/mol. The Morgan fingerprint density at radius 3 is 2.23 bits per heavy atom. The molecular formula is C30H41N5O4S. The van der Waals surface area contributed by atoms with Crippen LogP contribution in [0.5, 0.6) is 11.5 Å². The fourth-order valence-corrected chi connectivity index (χ4v) is 5.51. The number of hydrogen-bond donors (Lipinski definition) is 1. The molecule has 1 unspecified atom stereocenters. The number of carbonyl (C=O) groups is 2. The molecule has 40 heavy (non-hydrogen) atoms. The Bertz CT molecular complexity index is 1140. The molecule has 4 rings (SSSR count). The van der Waals surface area contributed by atoms with Crippen LogP contribution in [0.4, 0.5) is 11.4 Å². The van der Waals surface area contributed by atoms with Crippen molar-refractivity contribution in [2.45, 2.75) is 39.2 Å². The van der Waals surface area contributed by atoms with Crippen molar-refractivity contribution in [3.05, 3.63) is 48.5 Å². The van der Waals surface area contributed by atoms with Gasteiger partial charge in [0.05, 0.1) is 25.8 Å². The quantitative estimate of drug-likeness (QED) is 0.366. The van der Waals surface area contributed by atoms with Gasteiger partial charge in [-0.15, -0.1) is 0 Å². The second kappa shape index (κ2) is 14.4. The van der Waals surface area contributed by atoms with Gasteiger partial charge in [-0.3, -0.25) is 14.5 Å². The zero-order valence-electron chi connectivity index (χ0n) is 23.8. The van der Waals surface area contributed by atoms with Crippen LogP contribution in [0.2, 0.25) is 0 Å². The maximum Gasteiger partial charge on any atom is 0.256 e. The molecule has 2 aliphatic heterocycles. The van der Waals surface area contributed by atoms with Crippen molar-refractivity contribution in [2.75, 3.05) is 69.7 Å². The van der Waals surface area contributed by atoms with Gasteiger partial charge in [-0.1, -0.05) is 13.8 Å². The van der Waals surface area contributed by atoms with Gasteiger partial charge in [0.2, 0.25) is 5.91 Å². The number of nitrogens with one attached hydrogen (secondary N) is 1. The fraction of sp³-hybridized carbons (Fsp3) is 0.500. The Labute approximate surface area is 243 Å². The number of anilines is 2. The van der Waals surface area contributed by atoms with E-state index in [9.17, 15) is 9.59 Å². The standard InChI is InChI=1S/C30H41N5O4S/c1-4-21-39-26-11-7-23(8-12-26)31-28(36)22-27-29(37)35(24-9-13-25(38-3)14-10-24)30(40)34(27)16-6-15-33-19-17-32(5-2)18-20-33/h7-14,27H,4-6,15-22H2,1-3H3,(H,31,36). The van der Waals surface area contributed by atoms with Gasteiger partial charge in [0.1, 0.15) is 17.5 Å². The monoisotopic (exact) mass is 567 g/mol. The molecule has 2 heterocycles. The molecule has 0 aromatic heterocycles. The van der Waals surface area contributed by atoms with Crippen LogP contribution in [0.3, 0.4) is 0 Å². The van der Waals surface area contributed by atoms with Crippen LogP contribution in [0.25, 0.3) is 0 Å². The highest BCUT2D eigenvalue weighted by Crippen LogP contribution is 2.29. The first kappa shape index (κ1) is 29.8. The molecule has 2 aromatic rings. The molecule has 2 aromatic carbocycles. The van der Waals surface area contributed by atoms with E-state index in [2.05, 4.69) is 29.0 Å². The lowest BCUT2D eigenvalue weighted by Gasteiger charge is -2.34. The van der Waals surface area contributed by atoms with Crippen LogP contribution in [-0.2, 0) is 9.59 Å². The van der Waals surface area contributed by atoms with Crippen molar-refractivity contribution in [3.8, 4) is 11.5 Å². The molecule has 2 fully saturated rings. The van der Waals surface area contributed by atoms with E-state index in [1.54, 1.807) is 24.1 Å². The number of hydrogen-bond acceptors (Lipinski definition) is 7. The summed E-state index contributed by atoms with van der Waals surface area (Å²) >= 11 is 5.83. The highest BCUT2D eigenvalue weighted by atomic mass is 32.1. The van der Waals surface area contributed by atoms with Gasteiger partial charge in [-0.05, 0) is 86.7 Å². The molecule has 9 nitrogen and oxygen atoms in total. The van der Waals surface area contributed by atoms with E-state index in [0.29, 0.717) is 35.4 Å². The van der Waals surface area contributed by atoms with Crippen LogP contribution < -0.4 is 19.7 Å². The molecule has 10 heteroatoms. The minimum Gasteiger partial charge on any atom is -0.497 e. The summed E-state index contributed by atoms with van der Waals surface area (Å²) in [5.74, 6) is 1.03. The summed E-state index contributed by atoms with van der Waals surface area (Å²) in [6.07, 6.45) is 1.79. The van der Waals surface area contributed by atoms with Gasteiger partial charge < -0.3 is 29.5 Å². The van der Waals surface area contributed by atoms with Crippen molar-refractivity contribution in [1.82, 2.24) is 14.7 Å². The number of likely N-dealkylation sites (N-methyl/N-ethyl adjacent to an activating group) is 1. The largest absolute Gasteiger partial charge is 0.497 e. The number of thiocarbonyl (C=S) groups is 1. The Balaban J connectivity index is 1.43. The number of benzene rings is 2. The lowest BCUT2D eigenvalue weighted by molar-refractivity contribution is -0.124. The first-order valence-corrected chi connectivity index (χ1v) is 14.6. The lowest BCUT2D eigenvalue weighted by Crippen LogP contribution is -2.47. The average molecular weight is 568 g/mol. The van der Waals surface area contributed by atoms with E-state index in [-0.39, 0.29) is 18.2 Å². The van der Waals surface area contributed by atoms with Crippen LogP contribution in [0.15, 0.2) is 48.5 Å². The number of rotatable bonds is 13. The summed E-state index contributed by atoms with van der Waals surface area (Å²) < 4.78 is 10.9. The van der Waals surface area contributed by atoms with Crippen molar-refractivity contribution in [3.63, 3.8) is 0 Å². The van der Waals surface area contributed by atoms with Crippen molar-refractivity contribution < 1.29 is 19.1 Å². The lowest BCUT2D eigenvalue weighted by atomic mass is 10.1. The van der Waals surface area contributed by atoms with Crippen molar-refractivity contribution in [1.29, 1.82) is 0 Å². The predicted octanol–water partition coefficient (Wildman–Crippen LogP) is 3.84. The third kappa shape index (κ3) is 7.50. The molecule has 0 spiro atoms. The van der Waals surface area contributed by atoms with Crippen LogP contribution in [-0.4, -0.2) is 97.2 Å². The molecule has 0 bridgehead atoms. The molecule has 2 aliphatic rings.